The number of carbonyl (C=O) groups excluding carboxylic acids is 1. The summed E-state index contributed by atoms with van der Waals surface area (Å²) >= 11 is 3.10. The third-order valence-electron chi connectivity index (χ3n) is 4.37. The molecule has 0 unspecified atom stereocenters. The molecule has 1 aliphatic rings. The number of carbonyl (C=O) groups is 1. The third kappa shape index (κ3) is 5.16. The molecular formula is C19H20BrFN2O4S. The molecule has 0 atom stereocenters. The van der Waals surface area contributed by atoms with Crippen molar-refractivity contribution in [2.75, 3.05) is 26.3 Å². The van der Waals surface area contributed by atoms with E-state index in [4.69, 9.17) is 4.74 Å². The van der Waals surface area contributed by atoms with Crippen LogP contribution in [0, 0.1) is 5.82 Å². The van der Waals surface area contributed by atoms with Gasteiger partial charge in [0.2, 0.25) is 15.9 Å². The fraction of sp³-hybridized carbons (Fsp3) is 0.316. The van der Waals surface area contributed by atoms with Crippen LogP contribution in [0.15, 0.2) is 51.8 Å². The van der Waals surface area contributed by atoms with Crippen molar-refractivity contribution in [1.82, 2.24) is 9.62 Å². The molecule has 2 aromatic carbocycles. The number of morpholine rings is 1. The Morgan fingerprint density at radius 1 is 1.11 bits per heavy atom. The molecule has 1 amide bonds. The molecule has 1 fully saturated rings. The van der Waals surface area contributed by atoms with Crippen molar-refractivity contribution in [1.29, 1.82) is 0 Å². The fourth-order valence-corrected chi connectivity index (χ4v) is 4.65. The van der Waals surface area contributed by atoms with Gasteiger partial charge in [0.1, 0.15) is 5.82 Å². The Morgan fingerprint density at radius 3 is 2.39 bits per heavy atom. The Hall–Kier alpha value is -1.81. The van der Waals surface area contributed by atoms with Gasteiger partial charge in [0.05, 0.1) is 29.0 Å². The summed E-state index contributed by atoms with van der Waals surface area (Å²) in [4.78, 5) is 12.3. The van der Waals surface area contributed by atoms with Gasteiger partial charge in [-0.2, -0.15) is 4.31 Å². The maximum Gasteiger partial charge on any atom is 0.243 e. The van der Waals surface area contributed by atoms with E-state index in [0.717, 1.165) is 5.56 Å². The van der Waals surface area contributed by atoms with E-state index >= 15 is 0 Å². The van der Waals surface area contributed by atoms with E-state index in [-0.39, 0.29) is 29.6 Å². The lowest BCUT2D eigenvalue weighted by Crippen LogP contribution is -2.40. The number of nitrogens with zero attached hydrogens (tertiary/aromatic N) is 1. The third-order valence-corrected chi connectivity index (χ3v) is 6.89. The number of halogens is 2. The van der Waals surface area contributed by atoms with E-state index in [9.17, 15) is 17.6 Å². The molecule has 1 N–H and O–H groups in total. The smallest absolute Gasteiger partial charge is 0.243 e. The van der Waals surface area contributed by atoms with Crippen molar-refractivity contribution in [2.24, 2.45) is 0 Å². The van der Waals surface area contributed by atoms with Crippen molar-refractivity contribution in [3.8, 4) is 0 Å². The highest BCUT2D eigenvalue weighted by molar-refractivity contribution is 9.10. The van der Waals surface area contributed by atoms with Crippen molar-refractivity contribution in [3.05, 3.63) is 63.9 Å². The highest BCUT2D eigenvalue weighted by Gasteiger charge is 2.26. The number of rotatable bonds is 6. The van der Waals surface area contributed by atoms with E-state index in [0.29, 0.717) is 36.3 Å². The minimum atomic E-state index is -3.53. The topological polar surface area (TPSA) is 75.7 Å². The number of amides is 1. The summed E-state index contributed by atoms with van der Waals surface area (Å²) in [5.41, 5.74) is 1.48. The largest absolute Gasteiger partial charge is 0.379 e. The summed E-state index contributed by atoms with van der Waals surface area (Å²) in [6.45, 7) is 1.76. The van der Waals surface area contributed by atoms with Crippen LogP contribution in [-0.2, 0) is 32.5 Å². The van der Waals surface area contributed by atoms with Crippen LogP contribution in [-0.4, -0.2) is 44.9 Å². The number of nitrogens with one attached hydrogen (secondary N) is 1. The van der Waals surface area contributed by atoms with Gasteiger partial charge in [-0.05, 0) is 51.3 Å². The van der Waals surface area contributed by atoms with Crippen LogP contribution in [0.25, 0.3) is 0 Å². The second kappa shape index (κ2) is 9.13. The van der Waals surface area contributed by atoms with E-state index < -0.39 is 10.0 Å². The van der Waals surface area contributed by atoms with Crippen molar-refractivity contribution in [3.63, 3.8) is 0 Å². The average Bonchev–Trinajstić information content (AvgIpc) is 2.70. The first-order chi connectivity index (χ1) is 13.4. The van der Waals surface area contributed by atoms with Crippen LogP contribution in [0.4, 0.5) is 4.39 Å². The van der Waals surface area contributed by atoms with Gasteiger partial charge in [0.15, 0.2) is 0 Å². The highest BCUT2D eigenvalue weighted by Crippen LogP contribution is 2.18. The molecule has 150 valence electrons. The maximum atomic E-state index is 13.2. The van der Waals surface area contributed by atoms with Crippen LogP contribution in [0.3, 0.4) is 0 Å². The van der Waals surface area contributed by atoms with Gasteiger partial charge in [-0.25, -0.2) is 12.8 Å². The molecule has 0 bridgehead atoms. The average molecular weight is 471 g/mol. The van der Waals surface area contributed by atoms with E-state index in [1.807, 2.05) is 0 Å². The molecule has 1 aliphatic heterocycles. The molecule has 9 heteroatoms. The maximum absolute atomic E-state index is 13.2. The molecule has 0 aromatic heterocycles. The molecular weight excluding hydrogens is 451 g/mol. The summed E-state index contributed by atoms with van der Waals surface area (Å²) < 4.78 is 45.3. The van der Waals surface area contributed by atoms with Crippen LogP contribution < -0.4 is 5.32 Å². The van der Waals surface area contributed by atoms with Gasteiger partial charge in [-0.1, -0.05) is 18.2 Å². The van der Waals surface area contributed by atoms with E-state index in [1.54, 1.807) is 36.4 Å². The number of ether oxygens (including phenoxy) is 1. The molecule has 28 heavy (non-hydrogen) atoms. The normalized spacial score (nSPS) is 15.4. The summed E-state index contributed by atoms with van der Waals surface area (Å²) in [7, 11) is -3.53. The zero-order chi connectivity index (χ0) is 20.1. The second-order valence-electron chi connectivity index (χ2n) is 6.36. The van der Waals surface area contributed by atoms with Gasteiger partial charge in [-0.15, -0.1) is 0 Å². The highest BCUT2D eigenvalue weighted by atomic mass is 79.9. The Kier molecular flexibility index (Phi) is 6.82. The van der Waals surface area contributed by atoms with Crippen molar-refractivity contribution >= 4 is 31.9 Å². The Morgan fingerprint density at radius 2 is 1.75 bits per heavy atom. The molecule has 0 saturated carbocycles. The van der Waals surface area contributed by atoms with Crippen molar-refractivity contribution in [2.45, 2.75) is 17.9 Å². The summed E-state index contributed by atoms with van der Waals surface area (Å²) in [5.74, 6) is -0.584. The fourth-order valence-electron chi connectivity index (χ4n) is 2.81. The lowest BCUT2D eigenvalue weighted by molar-refractivity contribution is -0.120. The first-order valence-corrected chi connectivity index (χ1v) is 11.0. The Balaban J connectivity index is 1.56. The molecule has 1 saturated heterocycles. The second-order valence-corrected chi connectivity index (χ2v) is 9.15. The zero-order valence-electron chi connectivity index (χ0n) is 15.0. The monoisotopic (exact) mass is 470 g/mol. The quantitative estimate of drug-likeness (QED) is 0.703. The van der Waals surface area contributed by atoms with Gasteiger partial charge in [0.25, 0.3) is 0 Å². The number of sulfonamides is 1. The number of hydrogen-bond donors (Lipinski definition) is 1. The lowest BCUT2D eigenvalue weighted by atomic mass is 10.1. The lowest BCUT2D eigenvalue weighted by Gasteiger charge is -2.26. The van der Waals surface area contributed by atoms with Crippen LogP contribution in [0.2, 0.25) is 0 Å². The number of benzene rings is 2. The molecule has 0 radical (unpaired) electrons. The van der Waals surface area contributed by atoms with Crippen molar-refractivity contribution < 1.29 is 22.3 Å². The minimum Gasteiger partial charge on any atom is -0.379 e. The Bertz CT molecular complexity index is 945. The molecule has 1 heterocycles. The van der Waals surface area contributed by atoms with E-state index in [1.165, 1.54) is 10.4 Å². The summed E-state index contributed by atoms with van der Waals surface area (Å²) in [5, 5.41) is 2.78. The van der Waals surface area contributed by atoms with Gasteiger partial charge < -0.3 is 10.1 Å². The predicted octanol–water partition coefficient (Wildman–Crippen LogP) is 2.47. The van der Waals surface area contributed by atoms with E-state index in [2.05, 4.69) is 21.2 Å². The summed E-state index contributed by atoms with van der Waals surface area (Å²) in [6, 6.07) is 10.9. The summed E-state index contributed by atoms with van der Waals surface area (Å²) in [6.07, 6.45) is 0.127. The molecule has 0 aliphatic carbocycles. The SMILES string of the molecule is O=C(Cc1ccc(F)c(Br)c1)NCc1ccc(S(=O)(=O)N2CCOCC2)cc1. The van der Waals surface area contributed by atoms with Gasteiger partial charge in [0, 0.05) is 19.6 Å². The minimum absolute atomic E-state index is 0.127. The standard InChI is InChI=1S/C19H20BrFN2O4S/c20-17-11-15(3-6-18(17)21)12-19(24)22-13-14-1-4-16(5-2-14)28(25,26)23-7-9-27-10-8-23/h1-6,11H,7-10,12-13H2,(H,22,24). The van der Waals surface area contributed by atoms with Gasteiger partial charge >= 0.3 is 0 Å². The Labute approximate surface area is 171 Å². The molecule has 0 spiro atoms. The molecule has 2 aromatic rings. The molecule has 6 nitrogen and oxygen atoms in total. The van der Waals surface area contributed by atoms with Crippen LogP contribution in [0.1, 0.15) is 11.1 Å². The molecule has 3 rings (SSSR count). The van der Waals surface area contributed by atoms with Crippen LogP contribution >= 0.6 is 15.9 Å². The zero-order valence-corrected chi connectivity index (χ0v) is 17.4. The number of hydrogen-bond acceptors (Lipinski definition) is 4. The predicted molar refractivity (Wildman–Crippen MR) is 106 cm³/mol. The van der Waals surface area contributed by atoms with Crippen LogP contribution in [0.5, 0.6) is 0 Å². The van der Waals surface area contributed by atoms with Gasteiger partial charge in [-0.3, -0.25) is 4.79 Å². The first-order valence-electron chi connectivity index (χ1n) is 8.74. The first kappa shape index (κ1) is 20.9.